The van der Waals surface area contributed by atoms with Crippen molar-refractivity contribution >= 4 is 24.0 Å². The Morgan fingerprint density at radius 1 is 1.27 bits per heavy atom. The third-order valence-electron chi connectivity index (χ3n) is 3.05. The molecular formula is C15H16N2O5. The molecule has 0 unspecified atom stereocenters. The highest BCUT2D eigenvalue weighted by atomic mass is 16.6. The molecule has 0 aliphatic carbocycles. The van der Waals surface area contributed by atoms with Crippen molar-refractivity contribution in [1.29, 1.82) is 0 Å². The van der Waals surface area contributed by atoms with Crippen LogP contribution < -0.4 is 10.1 Å². The molecule has 22 heavy (non-hydrogen) atoms. The van der Waals surface area contributed by atoms with E-state index in [1.165, 1.54) is 7.11 Å². The first-order chi connectivity index (χ1) is 10.5. The molecule has 1 aliphatic heterocycles. The molecule has 2 rings (SSSR count). The van der Waals surface area contributed by atoms with Crippen LogP contribution in [0, 0.1) is 0 Å². The second kappa shape index (κ2) is 6.75. The Morgan fingerprint density at radius 2 is 1.95 bits per heavy atom. The van der Waals surface area contributed by atoms with Gasteiger partial charge in [0.05, 0.1) is 7.11 Å². The zero-order chi connectivity index (χ0) is 16.1. The van der Waals surface area contributed by atoms with Gasteiger partial charge in [0.25, 0.3) is 5.91 Å². The van der Waals surface area contributed by atoms with Gasteiger partial charge in [0.2, 0.25) is 0 Å². The van der Waals surface area contributed by atoms with Gasteiger partial charge in [0, 0.05) is 6.54 Å². The Kier molecular flexibility index (Phi) is 4.77. The lowest BCUT2D eigenvalue weighted by molar-refractivity contribution is -0.142. The number of carbonyl (C=O) groups excluding carboxylic acids is 3. The number of ether oxygens (including phenoxy) is 2. The van der Waals surface area contributed by atoms with Crippen molar-refractivity contribution in [1.82, 2.24) is 10.2 Å². The van der Waals surface area contributed by atoms with Crippen molar-refractivity contribution in [3.05, 3.63) is 35.5 Å². The fourth-order valence-electron chi connectivity index (χ4n) is 1.89. The maximum atomic E-state index is 11.9. The summed E-state index contributed by atoms with van der Waals surface area (Å²) in [6.45, 7) is 1.88. The van der Waals surface area contributed by atoms with Crippen LogP contribution >= 0.6 is 0 Å². The van der Waals surface area contributed by atoms with Crippen molar-refractivity contribution in [3.63, 3.8) is 0 Å². The fourth-order valence-corrected chi connectivity index (χ4v) is 1.89. The van der Waals surface area contributed by atoms with Gasteiger partial charge in [0.1, 0.15) is 11.4 Å². The van der Waals surface area contributed by atoms with Crippen LogP contribution in [0.15, 0.2) is 30.0 Å². The van der Waals surface area contributed by atoms with E-state index in [0.717, 1.165) is 10.5 Å². The Balaban J connectivity index is 2.05. The Morgan fingerprint density at radius 3 is 2.50 bits per heavy atom. The molecule has 1 heterocycles. The minimum Gasteiger partial charge on any atom is -0.482 e. The Hall–Kier alpha value is -2.83. The van der Waals surface area contributed by atoms with E-state index in [1.807, 2.05) is 0 Å². The maximum absolute atomic E-state index is 11.9. The number of hydrogen-bond donors (Lipinski definition) is 1. The Labute approximate surface area is 127 Å². The maximum Gasteiger partial charge on any atom is 0.343 e. The van der Waals surface area contributed by atoms with Gasteiger partial charge in [-0.15, -0.1) is 0 Å². The lowest BCUT2D eigenvalue weighted by Gasteiger charge is -2.06. The molecule has 7 heteroatoms. The molecule has 0 spiro atoms. The largest absolute Gasteiger partial charge is 0.482 e. The zero-order valence-corrected chi connectivity index (χ0v) is 12.3. The van der Waals surface area contributed by atoms with Crippen molar-refractivity contribution in [2.75, 3.05) is 20.3 Å². The van der Waals surface area contributed by atoms with E-state index in [9.17, 15) is 14.4 Å². The molecule has 0 radical (unpaired) electrons. The molecular weight excluding hydrogens is 288 g/mol. The van der Waals surface area contributed by atoms with Crippen LogP contribution in [-0.2, 0) is 14.3 Å². The molecule has 0 bridgehead atoms. The number of carbonyl (C=O) groups is 3. The topological polar surface area (TPSA) is 84.9 Å². The standard InChI is InChI=1S/C15H16N2O5/c1-3-17-14(19)12(16-15(17)20)8-10-4-6-11(7-5-10)22-9-13(18)21-2/h4-8H,3,9H2,1-2H3,(H,16,20)/b12-8+. The van der Waals surface area contributed by atoms with Crippen LogP contribution in [0.5, 0.6) is 5.75 Å². The summed E-state index contributed by atoms with van der Waals surface area (Å²) in [5.41, 5.74) is 0.960. The zero-order valence-electron chi connectivity index (χ0n) is 12.3. The molecule has 1 N–H and O–H groups in total. The van der Waals surface area contributed by atoms with Crippen molar-refractivity contribution < 1.29 is 23.9 Å². The second-order valence-corrected chi connectivity index (χ2v) is 4.47. The summed E-state index contributed by atoms with van der Waals surface area (Å²) in [4.78, 5) is 35.6. The number of nitrogens with zero attached hydrogens (tertiary/aromatic N) is 1. The van der Waals surface area contributed by atoms with Gasteiger partial charge in [-0.3, -0.25) is 9.69 Å². The number of nitrogens with one attached hydrogen (secondary N) is 1. The van der Waals surface area contributed by atoms with Crippen LogP contribution in [0.2, 0.25) is 0 Å². The van der Waals surface area contributed by atoms with Crippen LogP contribution in [0.3, 0.4) is 0 Å². The monoisotopic (exact) mass is 304 g/mol. The van der Waals surface area contributed by atoms with E-state index in [4.69, 9.17) is 4.74 Å². The predicted octanol–water partition coefficient (Wildman–Crippen LogP) is 1.15. The summed E-state index contributed by atoms with van der Waals surface area (Å²) in [5.74, 6) is -0.312. The first-order valence-electron chi connectivity index (χ1n) is 6.69. The molecule has 0 atom stereocenters. The molecule has 1 aliphatic rings. The predicted molar refractivity (Wildman–Crippen MR) is 77.8 cm³/mol. The normalized spacial score (nSPS) is 15.9. The highest BCUT2D eigenvalue weighted by Crippen LogP contribution is 2.17. The first-order valence-corrected chi connectivity index (χ1v) is 6.69. The SMILES string of the molecule is CCN1C(=O)N/C(=C/c2ccc(OCC(=O)OC)cc2)C1=O. The summed E-state index contributed by atoms with van der Waals surface area (Å²) < 4.78 is 9.69. The summed E-state index contributed by atoms with van der Waals surface area (Å²) in [6, 6.07) is 6.33. The number of imide groups is 1. The van der Waals surface area contributed by atoms with Crippen LogP contribution in [0.25, 0.3) is 6.08 Å². The number of amides is 3. The molecule has 3 amide bonds. The number of likely N-dealkylation sites (N-methyl/N-ethyl adjacent to an activating group) is 1. The van der Waals surface area contributed by atoms with E-state index in [-0.39, 0.29) is 18.2 Å². The van der Waals surface area contributed by atoms with E-state index in [1.54, 1.807) is 37.3 Å². The summed E-state index contributed by atoms with van der Waals surface area (Å²) in [6.07, 6.45) is 1.58. The lowest BCUT2D eigenvalue weighted by Crippen LogP contribution is -2.30. The van der Waals surface area contributed by atoms with E-state index >= 15 is 0 Å². The molecule has 0 saturated carbocycles. The minimum absolute atomic E-state index is 0.170. The summed E-state index contributed by atoms with van der Waals surface area (Å²) >= 11 is 0. The average molecular weight is 304 g/mol. The van der Waals surface area contributed by atoms with Gasteiger partial charge in [0.15, 0.2) is 6.61 Å². The molecule has 1 saturated heterocycles. The average Bonchev–Trinajstić information content (AvgIpc) is 2.79. The van der Waals surface area contributed by atoms with Gasteiger partial charge in [-0.05, 0) is 30.7 Å². The fraction of sp³-hybridized carbons (Fsp3) is 0.267. The number of benzene rings is 1. The van der Waals surface area contributed by atoms with E-state index in [2.05, 4.69) is 10.1 Å². The van der Waals surface area contributed by atoms with Gasteiger partial charge in [-0.25, -0.2) is 9.59 Å². The van der Waals surface area contributed by atoms with Gasteiger partial charge in [-0.2, -0.15) is 0 Å². The molecule has 0 aromatic heterocycles. The second-order valence-electron chi connectivity index (χ2n) is 4.47. The number of urea groups is 1. The van der Waals surface area contributed by atoms with Crippen LogP contribution in [0.1, 0.15) is 12.5 Å². The van der Waals surface area contributed by atoms with Crippen LogP contribution in [0.4, 0.5) is 4.79 Å². The van der Waals surface area contributed by atoms with E-state index < -0.39 is 12.0 Å². The molecule has 116 valence electrons. The number of esters is 1. The van der Waals surface area contributed by atoms with Crippen LogP contribution in [-0.4, -0.2) is 43.1 Å². The number of rotatable bonds is 5. The quantitative estimate of drug-likeness (QED) is 0.501. The molecule has 1 aromatic carbocycles. The van der Waals surface area contributed by atoms with Gasteiger partial charge in [-0.1, -0.05) is 12.1 Å². The van der Waals surface area contributed by atoms with Crippen molar-refractivity contribution in [3.8, 4) is 5.75 Å². The molecule has 7 nitrogen and oxygen atoms in total. The first kappa shape index (κ1) is 15.6. The Bertz CT molecular complexity index is 621. The van der Waals surface area contributed by atoms with Gasteiger partial charge >= 0.3 is 12.0 Å². The number of methoxy groups -OCH3 is 1. The van der Waals surface area contributed by atoms with Crippen molar-refractivity contribution in [2.24, 2.45) is 0 Å². The van der Waals surface area contributed by atoms with E-state index in [0.29, 0.717) is 12.3 Å². The summed E-state index contributed by atoms with van der Waals surface area (Å²) in [7, 11) is 1.29. The third-order valence-corrected chi connectivity index (χ3v) is 3.05. The third kappa shape index (κ3) is 3.43. The molecule has 1 aromatic rings. The van der Waals surface area contributed by atoms with Gasteiger partial charge < -0.3 is 14.8 Å². The highest BCUT2D eigenvalue weighted by molar-refractivity contribution is 6.13. The smallest absolute Gasteiger partial charge is 0.343 e. The minimum atomic E-state index is -0.467. The highest BCUT2D eigenvalue weighted by Gasteiger charge is 2.31. The van der Waals surface area contributed by atoms with Crippen molar-refractivity contribution in [2.45, 2.75) is 6.92 Å². The molecule has 1 fully saturated rings. The lowest BCUT2D eigenvalue weighted by atomic mass is 10.2. The summed E-state index contributed by atoms with van der Waals surface area (Å²) in [5, 5.41) is 2.52. The number of hydrogen-bond acceptors (Lipinski definition) is 5.